The Bertz CT molecular complexity index is 1480. The fraction of sp³-hybridized carbons (Fsp3) is 0.179. The van der Waals surface area contributed by atoms with E-state index in [4.69, 9.17) is 9.47 Å². The fourth-order valence-electron chi connectivity index (χ4n) is 4.31. The van der Waals surface area contributed by atoms with E-state index in [2.05, 4.69) is 20.7 Å². The van der Waals surface area contributed by atoms with Crippen LogP contribution in [0.5, 0.6) is 11.5 Å². The van der Waals surface area contributed by atoms with Gasteiger partial charge in [-0.25, -0.2) is 9.07 Å². The lowest BCUT2D eigenvalue weighted by molar-refractivity contribution is -0.113. The summed E-state index contributed by atoms with van der Waals surface area (Å²) >= 11 is 0. The maximum atomic E-state index is 13.6. The molecule has 1 aliphatic heterocycles. The quantitative estimate of drug-likeness (QED) is 0.361. The van der Waals surface area contributed by atoms with E-state index in [0.717, 1.165) is 22.4 Å². The fourth-order valence-corrected chi connectivity index (χ4v) is 4.31. The van der Waals surface area contributed by atoms with Crippen molar-refractivity contribution in [2.24, 2.45) is 0 Å². The van der Waals surface area contributed by atoms with Crippen LogP contribution in [0.3, 0.4) is 0 Å². The molecule has 0 saturated heterocycles. The summed E-state index contributed by atoms with van der Waals surface area (Å²) in [6.07, 6.45) is 1.45. The highest BCUT2D eigenvalue weighted by Crippen LogP contribution is 2.39. The predicted octanol–water partition coefficient (Wildman–Crippen LogP) is 5.24. The van der Waals surface area contributed by atoms with Crippen LogP contribution in [0, 0.1) is 12.7 Å². The number of fused-ring (bicyclic) bond motifs is 1. The maximum Gasteiger partial charge on any atom is 0.255 e. The predicted molar refractivity (Wildman–Crippen MR) is 138 cm³/mol. The van der Waals surface area contributed by atoms with Crippen LogP contribution in [0.15, 0.2) is 84.3 Å². The molecule has 0 saturated carbocycles. The largest absolute Gasteiger partial charge is 0.493 e. The monoisotopic (exact) mass is 499 g/mol. The van der Waals surface area contributed by atoms with Crippen LogP contribution < -0.4 is 20.1 Å². The molecule has 9 heteroatoms. The summed E-state index contributed by atoms with van der Waals surface area (Å²) in [5.74, 6) is 1.00. The van der Waals surface area contributed by atoms with Gasteiger partial charge in [0.05, 0.1) is 12.7 Å². The molecule has 0 spiro atoms. The molecule has 2 N–H and O–H groups in total. The third-order valence-electron chi connectivity index (χ3n) is 6.24. The van der Waals surface area contributed by atoms with Crippen LogP contribution in [0.4, 0.5) is 16.0 Å². The number of methoxy groups -OCH3 is 1. The van der Waals surface area contributed by atoms with Gasteiger partial charge in [0.15, 0.2) is 11.5 Å². The average molecular weight is 500 g/mol. The van der Waals surface area contributed by atoms with E-state index in [9.17, 15) is 9.18 Å². The van der Waals surface area contributed by atoms with Gasteiger partial charge in [-0.3, -0.25) is 4.79 Å². The van der Waals surface area contributed by atoms with Crippen LogP contribution in [-0.4, -0.2) is 27.8 Å². The van der Waals surface area contributed by atoms with Gasteiger partial charge in [-0.05, 0) is 60.9 Å². The normalized spacial score (nSPS) is 14.5. The van der Waals surface area contributed by atoms with Crippen LogP contribution in [0.25, 0.3) is 0 Å². The molecular weight excluding hydrogens is 473 g/mol. The van der Waals surface area contributed by atoms with Gasteiger partial charge >= 0.3 is 0 Å². The molecule has 0 aliphatic carbocycles. The SMILES string of the molecule is COc1cc([C@H]2C(C(=O)Nc3ccccc3C)=C(C)Nc3ncnn32)ccc1OCc1ccc(F)cc1. The summed E-state index contributed by atoms with van der Waals surface area (Å²) in [5.41, 5.74) is 4.47. The van der Waals surface area contributed by atoms with Crippen molar-refractivity contribution in [2.75, 3.05) is 17.7 Å². The number of hydrogen-bond donors (Lipinski definition) is 2. The first-order valence-electron chi connectivity index (χ1n) is 11.7. The number of carbonyl (C=O) groups is 1. The number of allylic oxidation sites excluding steroid dienone is 1. The molecule has 1 aliphatic rings. The van der Waals surface area contributed by atoms with Crippen molar-refractivity contribution < 1.29 is 18.7 Å². The Morgan fingerprint density at radius 1 is 1.08 bits per heavy atom. The van der Waals surface area contributed by atoms with Crippen molar-refractivity contribution in [3.05, 3.63) is 107 Å². The van der Waals surface area contributed by atoms with Crippen molar-refractivity contribution in [3.63, 3.8) is 0 Å². The van der Waals surface area contributed by atoms with Gasteiger partial charge in [0.1, 0.15) is 24.8 Å². The number of carbonyl (C=O) groups excluding carboxylic acids is 1. The van der Waals surface area contributed by atoms with E-state index < -0.39 is 6.04 Å². The third kappa shape index (κ3) is 4.88. The zero-order valence-corrected chi connectivity index (χ0v) is 20.7. The van der Waals surface area contributed by atoms with Crippen molar-refractivity contribution in [1.29, 1.82) is 0 Å². The lowest BCUT2D eigenvalue weighted by atomic mass is 9.94. The average Bonchev–Trinajstić information content (AvgIpc) is 3.37. The number of nitrogens with one attached hydrogen (secondary N) is 2. The van der Waals surface area contributed by atoms with E-state index in [1.165, 1.54) is 18.5 Å². The van der Waals surface area contributed by atoms with E-state index >= 15 is 0 Å². The minimum atomic E-state index is -0.553. The number of aromatic nitrogens is 3. The first kappa shape index (κ1) is 24.1. The molecule has 1 amide bonds. The van der Waals surface area contributed by atoms with Crippen molar-refractivity contribution >= 4 is 17.5 Å². The second-order valence-electron chi connectivity index (χ2n) is 8.69. The van der Waals surface area contributed by atoms with Gasteiger partial charge in [0.2, 0.25) is 5.95 Å². The van der Waals surface area contributed by atoms with Crippen LogP contribution in [0.1, 0.15) is 29.7 Å². The zero-order chi connectivity index (χ0) is 25.9. The third-order valence-corrected chi connectivity index (χ3v) is 6.24. The summed E-state index contributed by atoms with van der Waals surface area (Å²) < 4.78 is 26.5. The van der Waals surface area contributed by atoms with Crippen LogP contribution >= 0.6 is 0 Å². The summed E-state index contributed by atoms with van der Waals surface area (Å²) in [7, 11) is 1.56. The van der Waals surface area contributed by atoms with E-state index in [1.807, 2.05) is 50.2 Å². The van der Waals surface area contributed by atoms with Gasteiger partial charge in [0, 0.05) is 11.4 Å². The Labute approximate surface area is 213 Å². The summed E-state index contributed by atoms with van der Waals surface area (Å²) in [4.78, 5) is 17.9. The molecule has 0 fully saturated rings. The lowest BCUT2D eigenvalue weighted by Crippen LogP contribution is -2.31. The van der Waals surface area contributed by atoms with Gasteiger partial charge in [-0.1, -0.05) is 36.4 Å². The number of rotatable bonds is 7. The van der Waals surface area contributed by atoms with E-state index in [1.54, 1.807) is 30.0 Å². The molecule has 3 aromatic carbocycles. The number of anilines is 2. The Morgan fingerprint density at radius 3 is 2.62 bits per heavy atom. The molecule has 1 atom stereocenters. The molecule has 37 heavy (non-hydrogen) atoms. The highest BCUT2D eigenvalue weighted by atomic mass is 19.1. The second-order valence-corrected chi connectivity index (χ2v) is 8.69. The smallest absolute Gasteiger partial charge is 0.255 e. The van der Waals surface area contributed by atoms with Crippen LogP contribution in [0.2, 0.25) is 0 Å². The van der Waals surface area contributed by atoms with Gasteiger partial charge in [0.25, 0.3) is 5.91 Å². The van der Waals surface area contributed by atoms with E-state index in [-0.39, 0.29) is 18.3 Å². The molecule has 4 aromatic rings. The number of hydrogen-bond acceptors (Lipinski definition) is 6. The standard InChI is InChI=1S/C28H26FN5O3/c1-17-6-4-5-7-22(17)33-27(35)25-18(2)32-28-30-16-31-34(28)26(25)20-10-13-23(24(14-20)36-3)37-15-19-8-11-21(29)12-9-19/h4-14,16,26H,15H2,1-3H3,(H,33,35)(H,30,31,32)/t26-/m0/s1. The molecule has 0 radical (unpaired) electrons. The summed E-state index contributed by atoms with van der Waals surface area (Å²) in [5, 5.41) is 10.6. The highest BCUT2D eigenvalue weighted by Gasteiger charge is 2.34. The number of amides is 1. The Kier molecular flexibility index (Phi) is 6.59. The number of nitrogens with zero attached hydrogens (tertiary/aromatic N) is 3. The molecule has 5 rings (SSSR count). The van der Waals surface area contributed by atoms with Gasteiger partial charge < -0.3 is 20.1 Å². The number of para-hydroxylation sites is 1. The topological polar surface area (TPSA) is 90.3 Å². The van der Waals surface area contributed by atoms with E-state index in [0.29, 0.717) is 28.7 Å². The molecule has 0 bridgehead atoms. The summed E-state index contributed by atoms with van der Waals surface area (Å²) in [6.45, 7) is 4.04. The second kappa shape index (κ2) is 10.1. The minimum Gasteiger partial charge on any atom is -0.493 e. The minimum absolute atomic E-state index is 0.249. The molecule has 8 nitrogen and oxygen atoms in total. The highest BCUT2D eigenvalue weighted by molar-refractivity contribution is 6.06. The molecule has 188 valence electrons. The first-order chi connectivity index (χ1) is 17.9. The Hall–Kier alpha value is -4.66. The van der Waals surface area contributed by atoms with Gasteiger partial charge in [-0.2, -0.15) is 10.1 Å². The molecule has 1 aromatic heterocycles. The molecular formula is C28H26FN5O3. The van der Waals surface area contributed by atoms with Gasteiger partial charge in [-0.15, -0.1) is 0 Å². The molecule has 2 heterocycles. The summed E-state index contributed by atoms with van der Waals surface area (Å²) in [6, 6.07) is 18.7. The number of halogens is 1. The van der Waals surface area contributed by atoms with Crippen molar-refractivity contribution in [1.82, 2.24) is 14.8 Å². The van der Waals surface area contributed by atoms with Crippen molar-refractivity contribution in [3.8, 4) is 11.5 Å². The lowest BCUT2D eigenvalue weighted by Gasteiger charge is -2.29. The number of aryl methyl sites for hydroxylation is 1. The Balaban J connectivity index is 1.47. The zero-order valence-electron chi connectivity index (χ0n) is 20.7. The van der Waals surface area contributed by atoms with Crippen molar-refractivity contribution in [2.45, 2.75) is 26.5 Å². The molecule has 0 unspecified atom stereocenters. The Morgan fingerprint density at radius 2 is 1.86 bits per heavy atom. The number of ether oxygens (including phenoxy) is 2. The maximum absolute atomic E-state index is 13.6. The number of benzene rings is 3. The first-order valence-corrected chi connectivity index (χ1v) is 11.7. The van der Waals surface area contributed by atoms with Crippen LogP contribution in [-0.2, 0) is 11.4 Å².